The number of carbonyl (C=O) groups is 2. The van der Waals surface area contributed by atoms with Crippen LogP contribution in [0.15, 0.2) is 78.9 Å². The highest BCUT2D eigenvalue weighted by Crippen LogP contribution is 2.16. The molecule has 1 heterocycles. The van der Waals surface area contributed by atoms with E-state index in [1.54, 1.807) is 12.1 Å². The molecule has 0 unspecified atom stereocenters. The number of benzene rings is 3. The first-order valence-corrected chi connectivity index (χ1v) is 10.7. The summed E-state index contributed by atoms with van der Waals surface area (Å²) in [6, 6.07) is 25.0. The summed E-state index contributed by atoms with van der Waals surface area (Å²) >= 11 is 0. The molecule has 0 radical (unpaired) electrons. The Morgan fingerprint density at radius 2 is 1.59 bits per heavy atom. The summed E-state index contributed by atoms with van der Waals surface area (Å²) in [5.74, 6) is 0.567. The zero-order valence-electron chi connectivity index (χ0n) is 18.0. The molecular formula is C26H26N4O2. The Balaban J connectivity index is 1.42. The van der Waals surface area contributed by atoms with Crippen LogP contribution in [0, 0.1) is 6.92 Å². The van der Waals surface area contributed by atoms with Crippen LogP contribution in [-0.4, -0.2) is 27.9 Å². The number of imidazole rings is 1. The number of aromatic nitrogens is 2. The van der Waals surface area contributed by atoms with Crippen molar-refractivity contribution in [1.82, 2.24) is 20.2 Å². The Labute approximate surface area is 187 Å². The summed E-state index contributed by atoms with van der Waals surface area (Å²) in [7, 11) is 0. The van der Waals surface area contributed by atoms with Crippen molar-refractivity contribution in [3.63, 3.8) is 0 Å². The maximum Gasteiger partial charge on any atom is 0.251 e. The molecule has 0 spiro atoms. The molecule has 0 fully saturated rings. The van der Waals surface area contributed by atoms with E-state index in [2.05, 4.69) is 10.6 Å². The maximum atomic E-state index is 12.7. The monoisotopic (exact) mass is 426 g/mol. The second-order valence-corrected chi connectivity index (χ2v) is 7.74. The van der Waals surface area contributed by atoms with Crippen LogP contribution in [-0.2, 0) is 24.3 Å². The first-order valence-electron chi connectivity index (χ1n) is 10.7. The van der Waals surface area contributed by atoms with Crippen molar-refractivity contribution in [1.29, 1.82) is 0 Å². The lowest BCUT2D eigenvalue weighted by Crippen LogP contribution is -2.29. The number of hydrogen-bond acceptors (Lipinski definition) is 3. The standard InChI is InChI=1S/C26H26N4O2/c1-19-11-13-20(14-12-19)17-28-25(31)18-30-23-10-6-5-9-22(23)29-24(30)15-16-27-26(32)21-7-3-2-4-8-21/h2-14H,15-18H2,1H3,(H,27,32)(H,28,31). The van der Waals surface area contributed by atoms with Gasteiger partial charge in [0.1, 0.15) is 12.4 Å². The van der Waals surface area contributed by atoms with E-state index in [0.29, 0.717) is 25.1 Å². The van der Waals surface area contributed by atoms with E-state index in [0.717, 1.165) is 22.4 Å². The van der Waals surface area contributed by atoms with Gasteiger partial charge in [-0.05, 0) is 36.8 Å². The van der Waals surface area contributed by atoms with Gasteiger partial charge in [-0.2, -0.15) is 0 Å². The van der Waals surface area contributed by atoms with Gasteiger partial charge in [-0.3, -0.25) is 9.59 Å². The van der Waals surface area contributed by atoms with Crippen molar-refractivity contribution in [2.24, 2.45) is 0 Å². The van der Waals surface area contributed by atoms with Gasteiger partial charge in [0.2, 0.25) is 5.91 Å². The number of para-hydroxylation sites is 2. The molecule has 6 heteroatoms. The number of fused-ring (bicyclic) bond motifs is 1. The number of amides is 2. The smallest absolute Gasteiger partial charge is 0.251 e. The van der Waals surface area contributed by atoms with E-state index < -0.39 is 0 Å². The van der Waals surface area contributed by atoms with Gasteiger partial charge in [0.25, 0.3) is 5.91 Å². The SMILES string of the molecule is Cc1ccc(CNC(=O)Cn2c(CCNC(=O)c3ccccc3)nc3ccccc32)cc1. The molecule has 0 aliphatic rings. The molecule has 6 nitrogen and oxygen atoms in total. The third-order valence-corrected chi connectivity index (χ3v) is 5.32. The summed E-state index contributed by atoms with van der Waals surface area (Å²) in [4.78, 5) is 29.7. The largest absolute Gasteiger partial charge is 0.352 e. The second kappa shape index (κ2) is 9.92. The van der Waals surface area contributed by atoms with Crippen LogP contribution < -0.4 is 10.6 Å². The fourth-order valence-electron chi connectivity index (χ4n) is 3.58. The lowest BCUT2D eigenvalue weighted by molar-refractivity contribution is -0.121. The molecule has 162 valence electrons. The van der Waals surface area contributed by atoms with Gasteiger partial charge < -0.3 is 15.2 Å². The normalized spacial score (nSPS) is 10.8. The molecule has 0 aliphatic heterocycles. The zero-order chi connectivity index (χ0) is 22.3. The van der Waals surface area contributed by atoms with E-state index in [1.807, 2.05) is 78.2 Å². The van der Waals surface area contributed by atoms with E-state index in [9.17, 15) is 9.59 Å². The van der Waals surface area contributed by atoms with Gasteiger partial charge in [0, 0.05) is 25.1 Å². The minimum atomic E-state index is -0.121. The van der Waals surface area contributed by atoms with Crippen molar-refractivity contribution in [3.05, 3.63) is 101 Å². The number of hydrogen-bond donors (Lipinski definition) is 2. The van der Waals surface area contributed by atoms with Crippen molar-refractivity contribution in [3.8, 4) is 0 Å². The average molecular weight is 427 g/mol. The molecule has 0 saturated carbocycles. The van der Waals surface area contributed by atoms with Crippen LogP contribution in [0.25, 0.3) is 11.0 Å². The fourth-order valence-corrected chi connectivity index (χ4v) is 3.58. The average Bonchev–Trinajstić information content (AvgIpc) is 3.16. The van der Waals surface area contributed by atoms with Crippen LogP contribution in [0.3, 0.4) is 0 Å². The molecule has 1 aromatic heterocycles. The van der Waals surface area contributed by atoms with Gasteiger partial charge in [0.15, 0.2) is 0 Å². The Hall–Kier alpha value is -3.93. The van der Waals surface area contributed by atoms with Gasteiger partial charge in [-0.25, -0.2) is 4.98 Å². The summed E-state index contributed by atoms with van der Waals surface area (Å²) in [6.45, 7) is 3.13. The van der Waals surface area contributed by atoms with Gasteiger partial charge in [-0.1, -0.05) is 60.2 Å². The molecule has 4 rings (SSSR count). The quantitative estimate of drug-likeness (QED) is 0.452. The summed E-state index contributed by atoms with van der Waals surface area (Å²) in [6.07, 6.45) is 0.526. The number of nitrogens with zero attached hydrogens (tertiary/aromatic N) is 2. The molecule has 3 aromatic carbocycles. The van der Waals surface area contributed by atoms with Gasteiger partial charge in [-0.15, -0.1) is 0 Å². The van der Waals surface area contributed by atoms with Crippen molar-refractivity contribution >= 4 is 22.8 Å². The van der Waals surface area contributed by atoms with Crippen molar-refractivity contribution < 1.29 is 9.59 Å². The van der Waals surface area contributed by atoms with E-state index in [4.69, 9.17) is 4.98 Å². The van der Waals surface area contributed by atoms with Crippen LogP contribution in [0.2, 0.25) is 0 Å². The Morgan fingerprint density at radius 3 is 2.38 bits per heavy atom. The number of carbonyl (C=O) groups excluding carboxylic acids is 2. The minimum Gasteiger partial charge on any atom is -0.352 e. The number of aryl methyl sites for hydroxylation is 1. The van der Waals surface area contributed by atoms with Gasteiger partial charge in [0.05, 0.1) is 11.0 Å². The highest BCUT2D eigenvalue weighted by atomic mass is 16.2. The minimum absolute atomic E-state index is 0.0803. The second-order valence-electron chi connectivity index (χ2n) is 7.74. The van der Waals surface area contributed by atoms with E-state index >= 15 is 0 Å². The van der Waals surface area contributed by atoms with Crippen LogP contribution in [0.4, 0.5) is 0 Å². The first kappa shape index (κ1) is 21.3. The first-order chi connectivity index (χ1) is 15.6. The number of nitrogens with one attached hydrogen (secondary N) is 2. The predicted octanol–water partition coefficient (Wildman–Crippen LogP) is 3.63. The third-order valence-electron chi connectivity index (χ3n) is 5.32. The van der Waals surface area contributed by atoms with Crippen molar-refractivity contribution in [2.75, 3.05) is 6.54 Å². The topological polar surface area (TPSA) is 76.0 Å². The van der Waals surface area contributed by atoms with Crippen molar-refractivity contribution in [2.45, 2.75) is 26.4 Å². The number of rotatable bonds is 8. The molecule has 0 aliphatic carbocycles. The fraction of sp³-hybridized carbons (Fsp3) is 0.192. The molecular weight excluding hydrogens is 400 g/mol. The molecule has 2 amide bonds. The summed E-state index contributed by atoms with van der Waals surface area (Å²) in [5.41, 5.74) is 4.61. The molecule has 4 aromatic rings. The zero-order valence-corrected chi connectivity index (χ0v) is 18.0. The lowest BCUT2D eigenvalue weighted by Gasteiger charge is -2.11. The Morgan fingerprint density at radius 1 is 0.875 bits per heavy atom. The molecule has 2 N–H and O–H groups in total. The summed E-state index contributed by atoms with van der Waals surface area (Å²) in [5, 5.41) is 5.92. The third kappa shape index (κ3) is 5.21. The van der Waals surface area contributed by atoms with E-state index in [-0.39, 0.29) is 18.4 Å². The molecule has 32 heavy (non-hydrogen) atoms. The summed E-state index contributed by atoms with van der Waals surface area (Å²) < 4.78 is 1.93. The predicted molar refractivity (Wildman–Crippen MR) is 125 cm³/mol. The van der Waals surface area contributed by atoms with Crippen LogP contribution in [0.1, 0.15) is 27.3 Å². The van der Waals surface area contributed by atoms with E-state index in [1.165, 1.54) is 5.56 Å². The highest BCUT2D eigenvalue weighted by molar-refractivity contribution is 5.94. The Bertz CT molecular complexity index is 1210. The van der Waals surface area contributed by atoms with Gasteiger partial charge >= 0.3 is 0 Å². The highest BCUT2D eigenvalue weighted by Gasteiger charge is 2.14. The van der Waals surface area contributed by atoms with Crippen LogP contribution in [0.5, 0.6) is 0 Å². The van der Waals surface area contributed by atoms with Crippen LogP contribution >= 0.6 is 0 Å². The maximum absolute atomic E-state index is 12.7. The molecule has 0 atom stereocenters. The molecule has 0 saturated heterocycles. The molecule has 0 bridgehead atoms. The Kier molecular flexibility index (Phi) is 6.60. The lowest BCUT2D eigenvalue weighted by atomic mass is 10.1.